The predicted octanol–water partition coefficient (Wildman–Crippen LogP) is 4.36. The van der Waals surface area contributed by atoms with Crippen molar-refractivity contribution in [2.45, 2.75) is 44.2 Å². The number of benzene rings is 3. The zero-order valence-corrected chi connectivity index (χ0v) is 24.4. The van der Waals surface area contributed by atoms with Crippen molar-refractivity contribution < 1.29 is 19.8 Å². The van der Waals surface area contributed by atoms with E-state index in [-0.39, 0.29) is 18.4 Å². The molecule has 0 saturated heterocycles. The summed E-state index contributed by atoms with van der Waals surface area (Å²) < 4.78 is 1.72. The molecular weight excluding hydrogens is 556 g/mol. The minimum atomic E-state index is -1.82. The highest BCUT2D eigenvalue weighted by molar-refractivity contribution is 6.10. The van der Waals surface area contributed by atoms with E-state index in [0.717, 1.165) is 16.8 Å². The van der Waals surface area contributed by atoms with Crippen LogP contribution in [-0.4, -0.2) is 49.3 Å². The van der Waals surface area contributed by atoms with Crippen LogP contribution >= 0.6 is 0 Å². The molecular formula is C34H34N6O4. The Kier molecular flexibility index (Phi) is 8.19. The second kappa shape index (κ2) is 12.4. The summed E-state index contributed by atoms with van der Waals surface area (Å²) in [6.07, 6.45) is 7.00. The molecule has 3 aromatic carbocycles. The van der Waals surface area contributed by atoms with Gasteiger partial charge in [-0.25, -0.2) is 5.01 Å². The molecule has 0 spiro atoms. The number of fused-ring (bicyclic) bond motifs is 1. The summed E-state index contributed by atoms with van der Waals surface area (Å²) in [6.45, 7) is 2.25. The van der Waals surface area contributed by atoms with Gasteiger partial charge in [-0.05, 0) is 35.7 Å². The first kappa shape index (κ1) is 29.2. The quantitative estimate of drug-likeness (QED) is 0.235. The van der Waals surface area contributed by atoms with Crippen molar-refractivity contribution in [2.24, 2.45) is 11.0 Å². The van der Waals surface area contributed by atoms with Crippen molar-refractivity contribution in [2.75, 3.05) is 16.9 Å². The molecule has 1 aromatic heterocycles. The maximum atomic E-state index is 13.1. The van der Waals surface area contributed by atoms with Crippen molar-refractivity contribution in [3.63, 3.8) is 0 Å². The lowest BCUT2D eigenvalue weighted by Crippen LogP contribution is -2.40. The number of rotatable bonds is 10. The molecule has 0 fully saturated rings. The molecule has 10 heteroatoms. The van der Waals surface area contributed by atoms with Gasteiger partial charge in [-0.1, -0.05) is 85.0 Å². The average molecular weight is 591 g/mol. The van der Waals surface area contributed by atoms with Gasteiger partial charge in [-0.15, -0.1) is 5.10 Å². The van der Waals surface area contributed by atoms with Gasteiger partial charge in [0.25, 0.3) is 5.91 Å². The molecule has 0 bridgehead atoms. The Balaban J connectivity index is 1.16. The molecule has 1 unspecified atom stereocenters. The van der Waals surface area contributed by atoms with Gasteiger partial charge in [-0.2, -0.15) is 5.10 Å². The first-order chi connectivity index (χ1) is 21.4. The average Bonchev–Trinajstić information content (AvgIpc) is 3.62. The van der Waals surface area contributed by atoms with Crippen LogP contribution in [-0.2, 0) is 21.7 Å². The van der Waals surface area contributed by atoms with Crippen LogP contribution in [0, 0.1) is 5.92 Å². The van der Waals surface area contributed by atoms with E-state index in [1.54, 1.807) is 29.8 Å². The number of aromatic nitrogens is 3. The fourth-order valence-corrected chi connectivity index (χ4v) is 5.76. The highest BCUT2D eigenvalue weighted by atomic mass is 16.3. The van der Waals surface area contributed by atoms with E-state index in [2.05, 4.69) is 20.7 Å². The summed E-state index contributed by atoms with van der Waals surface area (Å²) in [5, 5.41) is 38.9. The van der Waals surface area contributed by atoms with E-state index in [1.165, 1.54) is 5.01 Å². The topological polar surface area (TPSA) is 133 Å². The molecule has 3 N–H and O–H groups in total. The molecule has 2 aliphatic heterocycles. The molecule has 0 radical (unpaired) electrons. The molecule has 0 aliphatic carbocycles. The minimum absolute atomic E-state index is 0.0730. The largest absolute Gasteiger partial charge is 0.395 e. The van der Waals surface area contributed by atoms with Crippen molar-refractivity contribution in [1.82, 2.24) is 15.0 Å². The second-order valence-electron chi connectivity index (χ2n) is 11.1. The maximum absolute atomic E-state index is 13.1. The maximum Gasteiger partial charge on any atom is 0.261 e. The molecule has 4 aromatic rings. The van der Waals surface area contributed by atoms with E-state index in [1.807, 2.05) is 79.0 Å². The molecule has 224 valence electrons. The number of aliphatic hydroxyl groups is 2. The van der Waals surface area contributed by atoms with Crippen LogP contribution in [0.5, 0.6) is 0 Å². The van der Waals surface area contributed by atoms with Gasteiger partial charge < -0.3 is 15.5 Å². The number of allylic oxidation sites excluding steroid dienone is 1. The number of nitrogens with zero attached hydrogens (tertiary/aromatic N) is 5. The molecule has 3 atom stereocenters. The van der Waals surface area contributed by atoms with Crippen molar-refractivity contribution in [1.29, 1.82) is 0 Å². The Bertz CT molecular complexity index is 1720. The normalized spacial score (nSPS) is 19.5. The summed E-state index contributed by atoms with van der Waals surface area (Å²) in [5.74, 6) is -1.49. The number of amides is 2. The van der Waals surface area contributed by atoms with E-state index in [9.17, 15) is 19.8 Å². The van der Waals surface area contributed by atoms with E-state index in [0.29, 0.717) is 48.4 Å². The van der Waals surface area contributed by atoms with Gasteiger partial charge in [0.05, 0.1) is 29.6 Å². The molecule has 2 amide bonds. The van der Waals surface area contributed by atoms with Gasteiger partial charge in [0.2, 0.25) is 5.91 Å². The van der Waals surface area contributed by atoms with E-state index in [4.69, 9.17) is 0 Å². The fraction of sp³-hybridized carbons (Fsp3) is 0.265. The zero-order chi connectivity index (χ0) is 30.7. The monoisotopic (exact) mass is 590 g/mol. The SMILES string of the molecule is C[C@@H](/C=C/CCn1cc(C(CO)c2ccccc2)nn1)[C@]1(O)C(=O)Nc2ccc(N3N=C(c4ccccc4)CCC3=O)cc21. The molecule has 3 heterocycles. The lowest BCUT2D eigenvalue weighted by atomic mass is 9.82. The number of aliphatic hydroxyl groups excluding tert-OH is 1. The number of hydrazone groups is 1. The summed E-state index contributed by atoms with van der Waals surface area (Å²) in [7, 11) is 0. The lowest BCUT2D eigenvalue weighted by molar-refractivity contribution is -0.137. The number of anilines is 2. The van der Waals surface area contributed by atoms with Gasteiger partial charge in [0.1, 0.15) is 0 Å². The number of nitrogens with one attached hydrogen (secondary N) is 1. The van der Waals surface area contributed by atoms with Crippen LogP contribution in [0.15, 0.2) is 102 Å². The summed E-state index contributed by atoms with van der Waals surface area (Å²) in [5.41, 5.74) is 2.99. The Morgan fingerprint density at radius 3 is 2.52 bits per heavy atom. The van der Waals surface area contributed by atoms with Gasteiger partial charge in [-0.3, -0.25) is 14.3 Å². The number of hydrogen-bond acceptors (Lipinski definition) is 7. The van der Waals surface area contributed by atoms with Crippen LogP contribution < -0.4 is 10.3 Å². The first-order valence-corrected chi connectivity index (χ1v) is 14.7. The summed E-state index contributed by atoms with van der Waals surface area (Å²) in [6, 6.07) is 24.5. The Labute approximate surface area is 255 Å². The van der Waals surface area contributed by atoms with Crippen LogP contribution in [0.4, 0.5) is 11.4 Å². The number of hydrogen-bond donors (Lipinski definition) is 3. The second-order valence-corrected chi connectivity index (χ2v) is 11.1. The number of aryl methyl sites for hydroxylation is 1. The highest BCUT2D eigenvalue weighted by Crippen LogP contribution is 2.43. The van der Waals surface area contributed by atoms with Crippen molar-refractivity contribution in [3.8, 4) is 0 Å². The first-order valence-electron chi connectivity index (χ1n) is 14.7. The van der Waals surface area contributed by atoms with Gasteiger partial charge in [0.15, 0.2) is 5.60 Å². The van der Waals surface area contributed by atoms with Crippen LogP contribution in [0.2, 0.25) is 0 Å². The fourth-order valence-electron chi connectivity index (χ4n) is 5.76. The molecule has 44 heavy (non-hydrogen) atoms. The van der Waals surface area contributed by atoms with Crippen LogP contribution in [0.1, 0.15) is 54.5 Å². The number of carbonyl (C=O) groups is 2. The summed E-state index contributed by atoms with van der Waals surface area (Å²) in [4.78, 5) is 26.0. The lowest BCUT2D eigenvalue weighted by Gasteiger charge is -2.28. The summed E-state index contributed by atoms with van der Waals surface area (Å²) >= 11 is 0. The smallest absolute Gasteiger partial charge is 0.261 e. The third-order valence-electron chi connectivity index (χ3n) is 8.30. The molecule has 10 nitrogen and oxygen atoms in total. The van der Waals surface area contributed by atoms with E-state index < -0.39 is 17.4 Å². The number of carbonyl (C=O) groups excluding carboxylic acids is 2. The predicted molar refractivity (Wildman–Crippen MR) is 167 cm³/mol. The van der Waals surface area contributed by atoms with Gasteiger partial charge >= 0.3 is 0 Å². The Hall–Kier alpha value is -4.93. The van der Waals surface area contributed by atoms with Crippen LogP contribution in [0.3, 0.4) is 0 Å². The Morgan fingerprint density at radius 2 is 1.77 bits per heavy atom. The van der Waals surface area contributed by atoms with Gasteiger partial charge in [0, 0.05) is 42.8 Å². The van der Waals surface area contributed by atoms with E-state index >= 15 is 0 Å². The molecule has 6 rings (SSSR count). The highest BCUT2D eigenvalue weighted by Gasteiger charge is 2.49. The van der Waals surface area contributed by atoms with Crippen LogP contribution in [0.25, 0.3) is 0 Å². The van der Waals surface area contributed by atoms with Crippen molar-refractivity contribution >= 4 is 28.9 Å². The standard InChI is InChI=1S/C34H34N6O4/c1-23(10-8-9-19-39-21-31(36-38-39)27(22-41)24-11-4-2-5-12-24)34(44)28-20-26(15-16-30(28)35-33(34)43)40-32(42)18-17-29(37-40)25-13-6-3-7-14-25/h2-8,10-16,20-21,23,27,41,44H,9,17-19,22H2,1H3,(H,35,43)/b10-8+/t23-,27?,34+/m0/s1. The third-order valence-corrected chi connectivity index (χ3v) is 8.30. The Morgan fingerprint density at radius 1 is 1.02 bits per heavy atom. The molecule has 0 saturated carbocycles. The zero-order valence-electron chi connectivity index (χ0n) is 24.4. The third kappa shape index (κ3) is 5.57. The minimum Gasteiger partial charge on any atom is -0.395 e. The van der Waals surface area contributed by atoms with Crippen molar-refractivity contribution in [3.05, 3.63) is 120 Å². The molecule has 2 aliphatic rings.